The Labute approximate surface area is 178 Å². The summed E-state index contributed by atoms with van der Waals surface area (Å²) in [6.45, 7) is 2.29. The first kappa shape index (κ1) is 18.7. The molecule has 5 nitrogen and oxygen atoms in total. The third-order valence-corrected chi connectivity index (χ3v) is 7.35. The second-order valence-corrected chi connectivity index (χ2v) is 8.99. The number of aromatic amines is 1. The Balaban J connectivity index is 1.51. The molecular formula is C24H23F2N5. The quantitative estimate of drug-likeness (QED) is 0.448. The molecule has 2 bridgehead atoms. The molecule has 7 heteroatoms. The molecule has 158 valence electrons. The monoisotopic (exact) mass is 419 g/mol. The first-order chi connectivity index (χ1) is 15.1. The SMILES string of the molecule is CC1C2CCC(CC2)C1Nc1nc(-c2c[nH]c3ncc(F)cc23)nc2cccc(F)c12. The zero-order valence-electron chi connectivity index (χ0n) is 17.2. The Morgan fingerprint density at radius 1 is 1.06 bits per heavy atom. The van der Waals surface area contributed by atoms with E-state index in [-0.39, 0.29) is 11.9 Å². The Bertz CT molecular complexity index is 1290. The molecule has 4 aromatic rings. The minimum Gasteiger partial charge on any atom is -0.366 e. The molecule has 0 aliphatic heterocycles. The molecule has 3 fully saturated rings. The molecule has 0 saturated heterocycles. The van der Waals surface area contributed by atoms with Crippen molar-refractivity contribution >= 4 is 27.8 Å². The molecule has 0 radical (unpaired) electrons. The first-order valence-corrected chi connectivity index (χ1v) is 10.9. The van der Waals surface area contributed by atoms with Crippen LogP contribution in [-0.4, -0.2) is 26.0 Å². The molecule has 3 saturated carbocycles. The molecular weight excluding hydrogens is 396 g/mol. The molecule has 0 spiro atoms. The fraction of sp³-hybridized carbons (Fsp3) is 0.375. The van der Waals surface area contributed by atoms with Gasteiger partial charge in [0.1, 0.15) is 23.1 Å². The van der Waals surface area contributed by atoms with Gasteiger partial charge in [-0.1, -0.05) is 13.0 Å². The number of hydrogen-bond acceptors (Lipinski definition) is 4. The van der Waals surface area contributed by atoms with Gasteiger partial charge in [0.05, 0.1) is 17.1 Å². The number of nitrogens with zero attached hydrogens (tertiary/aromatic N) is 3. The van der Waals surface area contributed by atoms with Crippen molar-refractivity contribution in [2.24, 2.45) is 17.8 Å². The summed E-state index contributed by atoms with van der Waals surface area (Å²) < 4.78 is 28.7. The van der Waals surface area contributed by atoms with Crippen LogP contribution >= 0.6 is 0 Å². The second kappa shape index (κ2) is 6.97. The van der Waals surface area contributed by atoms with Crippen molar-refractivity contribution in [1.82, 2.24) is 19.9 Å². The summed E-state index contributed by atoms with van der Waals surface area (Å²) in [7, 11) is 0. The zero-order chi connectivity index (χ0) is 21.1. The van der Waals surface area contributed by atoms with Gasteiger partial charge >= 0.3 is 0 Å². The van der Waals surface area contributed by atoms with Gasteiger partial charge in [-0.25, -0.2) is 23.7 Å². The number of H-pyrrole nitrogens is 1. The van der Waals surface area contributed by atoms with E-state index in [1.165, 1.54) is 44.0 Å². The molecule has 3 aliphatic carbocycles. The van der Waals surface area contributed by atoms with Gasteiger partial charge in [-0.2, -0.15) is 0 Å². The Hall–Kier alpha value is -3.09. The van der Waals surface area contributed by atoms with Crippen LogP contribution in [0.4, 0.5) is 14.6 Å². The van der Waals surface area contributed by atoms with E-state index in [0.29, 0.717) is 56.9 Å². The van der Waals surface area contributed by atoms with Crippen molar-refractivity contribution in [3.05, 3.63) is 48.3 Å². The summed E-state index contributed by atoms with van der Waals surface area (Å²) in [5.41, 5.74) is 1.74. The highest BCUT2D eigenvalue weighted by molar-refractivity contribution is 5.96. The van der Waals surface area contributed by atoms with Gasteiger partial charge < -0.3 is 10.3 Å². The summed E-state index contributed by atoms with van der Waals surface area (Å²) in [4.78, 5) is 16.5. The van der Waals surface area contributed by atoms with Crippen LogP contribution < -0.4 is 5.32 Å². The second-order valence-electron chi connectivity index (χ2n) is 8.99. The van der Waals surface area contributed by atoms with Gasteiger partial charge in [-0.3, -0.25) is 0 Å². The fourth-order valence-electron chi connectivity index (χ4n) is 5.69. The molecule has 2 atom stereocenters. The predicted molar refractivity (Wildman–Crippen MR) is 117 cm³/mol. The molecule has 2 unspecified atom stereocenters. The molecule has 7 rings (SSSR count). The lowest BCUT2D eigenvalue weighted by Crippen LogP contribution is -2.47. The molecule has 3 heterocycles. The minimum absolute atomic E-state index is 0.264. The van der Waals surface area contributed by atoms with E-state index in [1.54, 1.807) is 18.3 Å². The van der Waals surface area contributed by atoms with E-state index in [9.17, 15) is 8.78 Å². The van der Waals surface area contributed by atoms with Crippen LogP contribution in [-0.2, 0) is 0 Å². The summed E-state index contributed by atoms with van der Waals surface area (Å²) in [6.07, 6.45) is 7.87. The summed E-state index contributed by atoms with van der Waals surface area (Å²) in [5, 5.41) is 4.63. The van der Waals surface area contributed by atoms with E-state index < -0.39 is 5.82 Å². The number of halogens is 2. The zero-order valence-corrected chi connectivity index (χ0v) is 17.2. The van der Waals surface area contributed by atoms with Gasteiger partial charge in [0.25, 0.3) is 0 Å². The number of aromatic nitrogens is 4. The van der Waals surface area contributed by atoms with Gasteiger partial charge in [0, 0.05) is 23.2 Å². The van der Waals surface area contributed by atoms with Crippen molar-refractivity contribution in [1.29, 1.82) is 0 Å². The Kier molecular flexibility index (Phi) is 4.20. The molecule has 1 aromatic carbocycles. The van der Waals surface area contributed by atoms with Crippen molar-refractivity contribution in [2.75, 3.05) is 5.32 Å². The topological polar surface area (TPSA) is 66.5 Å². The average molecular weight is 419 g/mol. The maximum absolute atomic E-state index is 14.9. The smallest absolute Gasteiger partial charge is 0.164 e. The van der Waals surface area contributed by atoms with Crippen molar-refractivity contribution < 1.29 is 8.78 Å². The third kappa shape index (κ3) is 2.98. The number of nitrogens with one attached hydrogen (secondary N) is 2. The molecule has 31 heavy (non-hydrogen) atoms. The molecule has 2 N–H and O–H groups in total. The van der Waals surface area contributed by atoms with Crippen LogP contribution in [0.5, 0.6) is 0 Å². The Morgan fingerprint density at radius 3 is 2.68 bits per heavy atom. The normalized spacial score (nSPS) is 25.4. The summed E-state index contributed by atoms with van der Waals surface area (Å²) in [5.74, 6) is 1.97. The van der Waals surface area contributed by atoms with Gasteiger partial charge in [-0.15, -0.1) is 0 Å². The lowest BCUT2D eigenvalue weighted by atomic mass is 9.62. The summed E-state index contributed by atoms with van der Waals surface area (Å²) >= 11 is 0. The van der Waals surface area contributed by atoms with Crippen LogP contribution in [0.3, 0.4) is 0 Å². The highest BCUT2D eigenvalue weighted by Crippen LogP contribution is 2.46. The molecule has 0 amide bonds. The van der Waals surface area contributed by atoms with Crippen LogP contribution in [0.1, 0.15) is 32.6 Å². The predicted octanol–water partition coefficient (Wildman–Crippen LogP) is 5.69. The maximum Gasteiger partial charge on any atom is 0.164 e. The van der Waals surface area contributed by atoms with E-state index >= 15 is 0 Å². The van der Waals surface area contributed by atoms with Gasteiger partial charge in [0.2, 0.25) is 0 Å². The van der Waals surface area contributed by atoms with Crippen LogP contribution in [0, 0.1) is 29.4 Å². The van der Waals surface area contributed by atoms with Gasteiger partial charge in [-0.05, 0) is 61.6 Å². The Morgan fingerprint density at radius 2 is 1.87 bits per heavy atom. The highest BCUT2D eigenvalue weighted by atomic mass is 19.1. The number of hydrogen-bond donors (Lipinski definition) is 2. The summed E-state index contributed by atoms with van der Waals surface area (Å²) in [6, 6.07) is 6.57. The van der Waals surface area contributed by atoms with Crippen LogP contribution in [0.15, 0.2) is 36.7 Å². The van der Waals surface area contributed by atoms with Crippen molar-refractivity contribution in [2.45, 2.75) is 38.6 Å². The van der Waals surface area contributed by atoms with E-state index in [2.05, 4.69) is 27.2 Å². The number of pyridine rings is 1. The van der Waals surface area contributed by atoms with Crippen molar-refractivity contribution in [3.8, 4) is 11.4 Å². The highest BCUT2D eigenvalue weighted by Gasteiger charge is 2.41. The van der Waals surface area contributed by atoms with E-state index in [1.807, 2.05) is 0 Å². The lowest BCUT2D eigenvalue weighted by molar-refractivity contribution is 0.0928. The number of rotatable bonds is 3. The van der Waals surface area contributed by atoms with Crippen molar-refractivity contribution in [3.63, 3.8) is 0 Å². The number of benzene rings is 1. The minimum atomic E-state index is -0.425. The number of fused-ring (bicyclic) bond motifs is 5. The first-order valence-electron chi connectivity index (χ1n) is 10.9. The lowest BCUT2D eigenvalue weighted by Gasteiger charge is -2.47. The average Bonchev–Trinajstić information content (AvgIpc) is 3.19. The molecule has 3 aliphatic rings. The fourth-order valence-corrected chi connectivity index (χ4v) is 5.69. The third-order valence-electron chi connectivity index (χ3n) is 7.35. The molecule has 3 aromatic heterocycles. The van der Waals surface area contributed by atoms with E-state index in [0.717, 1.165) is 0 Å². The van der Waals surface area contributed by atoms with E-state index in [4.69, 9.17) is 4.98 Å². The van der Waals surface area contributed by atoms with Crippen LogP contribution in [0.2, 0.25) is 0 Å². The number of anilines is 1. The maximum atomic E-state index is 14.9. The van der Waals surface area contributed by atoms with Crippen LogP contribution in [0.25, 0.3) is 33.3 Å². The standard InChI is InChI=1S/C24H23F2N5/c1-12-13-5-7-14(8-6-13)21(12)30-24-20-18(26)3-2-4-19(20)29-23(31-24)17-11-28-22-16(17)9-15(25)10-27-22/h2-4,9-14,21H,5-8H2,1H3,(H,27,28)(H,29,30,31). The van der Waals surface area contributed by atoms with Gasteiger partial charge in [0.15, 0.2) is 5.82 Å². The largest absolute Gasteiger partial charge is 0.366 e.